The van der Waals surface area contributed by atoms with E-state index in [-0.39, 0.29) is 11.7 Å². The van der Waals surface area contributed by atoms with Crippen molar-refractivity contribution in [2.45, 2.75) is 46.2 Å². The lowest BCUT2D eigenvalue weighted by molar-refractivity contribution is -0.385. The number of hydrogen-bond acceptors (Lipinski definition) is 5. The molecule has 0 spiro atoms. The first-order valence-electron chi connectivity index (χ1n) is 6.36. The van der Waals surface area contributed by atoms with Crippen LogP contribution < -0.4 is 0 Å². The molecule has 0 fully saturated rings. The summed E-state index contributed by atoms with van der Waals surface area (Å²) in [4.78, 5) is 14.8. The zero-order chi connectivity index (χ0) is 15.1. The molecule has 2 aromatic heterocycles. The molecule has 2 aromatic rings. The Kier molecular flexibility index (Phi) is 3.33. The van der Waals surface area contributed by atoms with Crippen LogP contribution in [0.1, 0.15) is 45.3 Å². The van der Waals surface area contributed by atoms with Gasteiger partial charge in [0.25, 0.3) is 0 Å². The lowest BCUT2D eigenvalue weighted by Gasteiger charge is -2.21. The van der Waals surface area contributed by atoms with Gasteiger partial charge in [0.1, 0.15) is 23.8 Å². The minimum atomic E-state index is -0.654. The highest BCUT2D eigenvalue weighted by Crippen LogP contribution is 2.26. The first-order valence-corrected chi connectivity index (χ1v) is 6.36. The highest BCUT2D eigenvalue weighted by atomic mass is 16.6. The first-order chi connectivity index (χ1) is 9.23. The monoisotopic (exact) mass is 278 g/mol. The summed E-state index contributed by atoms with van der Waals surface area (Å²) in [6.07, 6.45) is 3.08. The van der Waals surface area contributed by atoms with E-state index in [2.05, 4.69) is 15.2 Å². The van der Waals surface area contributed by atoms with Crippen molar-refractivity contribution in [3.05, 3.63) is 34.2 Å². The standard InChI is InChI=1S/C12H18N6O2/c1-8(2)16-7-13-11(15-16)12(4,5)17-6-10(18(19)20)9(3)14-17/h6-8H,1-5H3. The Morgan fingerprint density at radius 1 is 1.35 bits per heavy atom. The van der Waals surface area contributed by atoms with Gasteiger partial charge in [-0.05, 0) is 34.6 Å². The predicted octanol–water partition coefficient (Wildman–Crippen LogP) is 2.06. The van der Waals surface area contributed by atoms with Gasteiger partial charge in [-0.3, -0.25) is 19.5 Å². The van der Waals surface area contributed by atoms with Crippen LogP contribution >= 0.6 is 0 Å². The zero-order valence-electron chi connectivity index (χ0n) is 12.2. The topological polar surface area (TPSA) is 91.7 Å². The van der Waals surface area contributed by atoms with Crippen molar-refractivity contribution in [1.29, 1.82) is 0 Å². The maximum absolute atomic E-state index is 10.9. The van der Waals surface area contributed by atoms with Crippen LogP contribution in [-0.2, 0) is 5.54 Å². The van der Waals surface area contributed by atoms with E-state index in [1.165, 1.54) is 6.20 Å². The Morgan fingerprint density at radius 3 is 2.45 bits per heavy atom. The molecule has 0 aliphatic carbocycles. The summed E-state index contributed by atoms with van der Waals surface area (Å²) in [6, 6.07) is 0.209. The van der Waals surface area contributed by atoms with Gasteiger partial charge in [0.15, 0.2) is 5.82 Å². The molecule has 8 heteroatoms. The van der Waals surface area contributed by atoms with Crippen LogP contribution in [0.5, 0.6) is 0 Å². The van der Waals surface area contributed by atoms with Crippen molar-refractivity contribution in [1.82, 2.24) is 24.5 Å². The summed E-state index contributed by atoms with van der Waals surface area (Å²) < 4.78 is 3.29. The van der Waals surface area contributed by atoms with Crippen molar-refractivity contribution < 1.29 is 4.92 Å². The summed E-state index contributed by atoms with van der Waals surface area (Å²) >= 11 is 0. The molecule has 0 radical (unpaired) electrons. The van der Waals surface area contributed by atoms with Crippen molar-refractivity contribution >= 4 is 5.69 Å². The van der Waals surface area contributed by atoms with Gasteiger partial charge in [-0.1, -0.05) is 0 Å². The molecule has 0 saturated heterocycles. The Balaban J connectivity index is 2.43. The molecule has 0 N–H and O–H groups in total. The fourth-order valence-corrected chi connectivity index (χ4v) is 1.82. The molecule has 0 unspecified atom stereocenters. The van der Waals surface area contributed by atoms with Gasteiger partial charge in [-0.25, -0.2) is 4.98 Å². The van der Waals surface area contributed by atoms with E-state index >= 15 is 0 Å². The summed E-state index contributed by atoms with van der Waals surface area (Å²) in [5, 5.41) is 19.5. The Labute approximate surface area is 116 Å². The van der Waals surface area contributed by atoms with Crippen molar-refractivity contribution in [3.8, 4) is 0 Å². The van der Waals surface area contributed by atoms with Crippen molar-refractivity contribution in [2.24, 2.45) is 0 Å². The molecule has 108 valence electrons. The van der Waals surface area contributed by atoms with Gasteiger partial charge in [0.05, 0.1) is 4.92 Å². The third-order valence-electron chi connectivity index (χ3n) is 3.23. The second-order valence-corrected chi connectivity index (χ2v) is 5.50. The Bertz CT molecular complexity index is 640. The highest BCUT2D eigenvalue weighted by Gasteiger charge is 2.31. The second-order valence-electron chi connectivity index (χ2n) is 5.50. The Hall–Kier alpha value is -2.25. The fraction of sp³-hybridized carbons (Fsp3) is 0.583. The number of aryl methyl sites for hydroxylation is 1. The largest absolute Gasteiger partial charge is 0.309 e. The van der Waals surface area contributed by atoms with Crippen LogP contribution in [0.4, 0.5) is 5.69 Å². The smallest absolute Gasteiger partial charge is 0.258 e. The number of nitro groups is 1. The third-order valence-corrected chi connectivity index (χ3v) is 3.23. The van der Waals surface area contributed by atoms with Gasteiger partial charge in [-0.15, -0.1) is 0 Å². The SMILES string of the molecule is Cc1nn(C(C)(C)c2ncn(C(C)C)n2)cc1[N+](=O)[O-]. The van der Waals surface area contributed by atoms with E-state index in [1.807, 2.05) is 27.7 Å². The van der Waals surface area contributed by atoms with E-state index in [0.717, 1.165) is 0 Å². The van der Waals surface area contributed by atoms with Crippen molar-refractivity contribution in [2.75, 3.05) is 0 Å². The molecule has 0 amide bonds. The van der Waals surface area contributed by atoms with Gasteiger partial charge >= 0.3 is 5.69 Å². The molecular weight excluding hydrogens is 260 g/mol. The molecule has 0 aromatic carbocycles. The summed E-state index contributed by atoms with van der Waals surface area (Å²) in [6.45, 7) is 9.39. The number of hydrogen-bond donors (Lipinski definition) is 0. The van der Waals surface area contributed by atoms with Crippen LogP contribution in [0, 0.1) is 17.0 Å². The minimum absolute atomic E-state index is 0.00127. The van der Waals surface area contributed by atoms with Gasteiger partial charge in [0.2, 0.25) is 0 Å². The van der Waals surface area contributed by atoms with Gasteiger partial charge < -0.3 is 0 Å². The van der Waals surface area contributed by atoms with Crippen LogP contribution in [0.3, 0.4) is 0 Å². The summed E-state index contributed by atoms with van der Waals surface area (Å²) in [5.74, 6) is 0.573. The third kappa shape index (κ3) is 2.28. The van der Waals surface area contributed by atoms with E-state index in [0.29, 0.717) is 11.5 Å². The van der Waals surface area contributed by atoms with E-state index in [1.54, 1.807) is 22.6 Å². The zero-order valence-corrected chi connectivity index (χ0v) is 12.2. The van der Waals surface area contributed by atoms with E-state index < -0.39 is 10.5 Å². The molecule has 0 atom stereocenters. The molecule has 0 saturated carbocycles. The minimum Gasteiger partial charge on any atom is -0.258 e. The number of aromatic nitrogens is 5. The molecule has 0 bridgehead atoms. The van der Waals surface area contributed by atoms with Crippen LogP contribution in [0.15, 0.2) is 12.5 Å². The summed E-state index contributed by atoms with van der Waals surface area (Å²) in [5.41, 5.74) is -0.271. The predicted molar refractivity (Wildman–Crippen MR) is 72.4 cm³/mol. The van der Waals surface area contributed by atoms with Crippen LogP contribution in [0.2, 0.25) is 0 Å². The maximum atomic E-state index is 10.9. The van der Waals surface area contributed by atoms with Crippen LogP contribution in [-0.4, -0.2) is 29.5 Å². The molecule has 2 rings (SSSR count). The maximum Gasteiger partial charge on any atom is 0.309 e. The molecule has 8 nitrogen and oxygen atoms in total. The lowest BCUT2D eigenvalue weighted by Crippen LogP contribution is -2.30. The van der Waals surface area contributed by atoms with Gasteiger partial charge in [0, 0.05) is 6.04 Å². The lowest BCUT2D eigenvalue weighted by atomic mass is 10.1. The molecule has 2 heterocycles. The Morgan fingerprint density at radius 2 is 2.00 bits per heavy atom. The first kappa shape index (κ1) is 14.2. The molecule has 0 aliphatic rings. The number of rotatable bonds is 4. The second kappa shape index (κ2) is 4.69. The van der Waals surface area contributed by atoms with Crippen molar-refractivity contribution in [3.63, 3.8) is 0 Å². The molecule has 20 heavy (non-hydrogen) atoms. The quantitative estimate of drug-likeness (QED) is 0.630. The fourth-order valence-electron chi connectivity index (χ4n) is 1.82. The average Bonchev–Trinajstić information content (AvgIpc) is 2.94. The molecule has 0 aliphatic heterocycles. The highest BCUT2D eigenvalue weighted by molar-refractivity contribution is 5.32. The normalized spacial score (nSPS) is 12.1. The van der Waals surface area contributed by atoms with Gasteiger partial charge in [-0.2, -0.15) is 10.2 Å². The van der Waals surface area contributed by atoms with Crippen LogP contribution in [0.25, 0.3) is 0 Å². The number of nitrogens with zero attached hydrogens (tertiary/aromatic N) is 6. The molecular formula is C12H18N6O2. The van der Waals surface area contributed by atoms with E-state index in [9.17, 15) is 10.1 Å². The average molecular weight is 278 g/mol. The van der Waals surface area contributed by atoms with E-state index in [4.69, 9.17) is 0 Å². The summed E-state index contributed by atoms with van der Waals surface area (Å²) in [7, 11) is 0.